The smallest absolute Gasteiger partial charge is 0.243 e. The molecule has 2 amide bonds. The van der Waals surface area contributed by atoms with E-state index in [-0.39, 0.29) is 11.3 Å². The largest absolute Gasteiger partial charge is 0.369 e. The van der Waals surface area contributed by atoms with Crippen LogP contribution in [0.5, 0.6) is 0 Å². The summed E-state index contributed by atoms with van der Waals surface area (Å²) in [7, 11) is -2.65. The second-order valence-electron chi connectivity index (χ2n) is 5.60. The number of nitrogens with one attached hydrogen (secondary N) is 1. The Morgan fingerprint density at radius 2 is 1.65 bits per heavy atom. The molecule has 3 N–H and O–H groups in total. The fourth-order valence-electron chi connectivity index (χ4n) is 2.18. The van der Waals surface area contributed by atoms with Gasteiger partial charge in [0.15, 0.2) is 0 Å². The van der Waals surface area contributed by atoms with E-state index in [1.54, 1.807) is 24.3 Å². The van der Waals surface area contributed by atoms with E-state index in [2.05, 4.69) is 5.32 Å². The average Bonchev–Trinajstić information content (AvgIpc) is 2.56. The third kappa shape index (κ3) is 5.11. The van der Waals surface area contributed by atoms with Gasteiger partial charge in [-0.15, -0.1) is 0 Å². The molecule has 9 heteroatoms. The van der Waals surface area contributed by atoms with E-state index in [1.165, 1.54) is 7.05 Å². The van der Waals surface area contributed by atoms with Crippen molar-refractivity contribution in [1.29, 1.82) is 0 Å². The Labute approximate surface area is 150 Å². The van der Waals surface area contributed by atoms with Gasteiger partial charge >= 0.3 is 0 Å². The number of carbonyl (C=O) groups is 2. The maximum absolute atomic E-state index is 12.9. The molecule has 2 aromatic carbocycles. The van der Waals surface area contributed by atoms with Crippen LogP contribution < -0.4 is 11.1 Å². The second-order valence-corrected chi connectivity index (χ2v) is 7.65. The number of hydrogen-bond donors (Lipinski definition) is 2. The van der Waals surface area contributed by atoms with Crippen LogP contribution in [0.4, 0.5) is 10.1 Å². The molecular weight excluding hydrogens is 361 g/mol. The molecule has 0 aromatic heterocycles. The standard InChI is InChI=1S/C17H18FN3O4S/c1-21(26(24,25)15-8-4-13(18)5-9-15)11-17(23)20-14-6-2-12(3-7-14)10-16(19)22/h2-9H,10-11H2,1H3,(H2,19,22)(H,20,23). The number of nitrogens with two attached hydrogens (primary N) is 1. The topological polar surface area (TPSA) is 110 Å². The van der Waals surface area contributed by atoms with Gasteiger partial charge in [0.1, 0.15) is 5.82 Å². The molecule has 0 saturated heterocycles. The van der Waals surface area contributed by atoms with E-state index in [0.717, 1.165) is 28.6 Å². The summed E-state index contributed by atoms with van der Waals surface area (Å²) in [5, 5.41) is 2.56. The van der Waals surface area contributed by atoms with Crippen molar-refractivity contribution < 1.29 is 22.4 Å². The van der Waals surface area contributed by atoms with Gasteiger partial charge in [-0.25, -0.2) is 12.8 Å². The van der Waals surface area contributed by atoms with Crippen LogP contribution in [0.15, 0.2) is 53.4 Å². The molecule has 0 spiro atoms. The predicted molar refractivity (Wildman–Crippen MR) is 94.2 cm³/mol. The van der Waals surface area contributed by atoms with Gasteiger partial charge in [-0.1, -0.05) is 12.1 Å². The molecule has 2 rings (SSSR count). The highest BCUT2D eigenvalue weighted by Crippen LogP contribution is 2.15. The second kappa shape index (κ2) is 8.07. The van der Waals surface area contributed by atoms with Crippen molar-refractivity contribution in [1.82, 2.24) is 4.31 Å². The number of sulfonamides is 1. The van der Waals surface area contributed by atoms with Gasteiger partial charge in [-0.2, -0.15) is 4.31 Å². The number of primary amides is 1. The van der Waals surface area contributed by atoms with Gasteiger partial charge in [0.25, 0.3) is 0 Å². The summed E-state index contributed by atoms with van der Waals surface area (Å²) in [6.45, 7) is -0.414. The lowest BCUT2D eigenvalue weighted by Gasteiger charge is -2.17. The third-order valence-corrected chi connectivity index (χ3v) is 5.32. The number of anilines is 1. The van der Waals surface area contributed by atoms with E-state index in [4.69, 9.17) is 5.73 Å². The van der Waals surface area contributed by atoms with Crippen LogP contribution in [0, 0.1) is 5.82 Å². The van der Waals surface area contributed by atoms with E-state index in [0.29, 0.717) is 11.3 Å². The van der Waals surface area contributed by atoms with Crippen molar-refractivity contribution in [3.05, 3.63) is 59.9 Å². The minimum atomic E-state index is -3.91. The molecule has 0 saturated carbocycles. The Balaban J connectivity index is 2.00. The third-order valence-electron chi connectivity index (χ3n) is 3.50. The van der Waals surface area contributed by atoms with Gasteiger partial charge in [-0.05, 0) is 42.0 Å². The zero-order valence-electron chi connectivity index (χ0n) is 14.0. The molecule has 0 aliphatic rings. The Hall–Kier alpha value is -2.78. The Morgan fingerprint density at radius 1 is 1.08 bits per heavy atom. The first-order valence-corrected chi connectivity index (χ1v) is 9.01. The summed E-state index contributed by atoms with van der Waals surface area (Å²) in [6, 6.07) is 10.8. The van der Waals surface area contributed by atoms with Gasteiger partial charge in [0.2, 0.25) is 21.8 Å². The Morgan fingerprint density at radius 3 is 2.19 bits per heavy atom. The van der Waals surface area contributed by atoms with E-state index in [9.17, 15) is 22.4 Å². The molecule has 0 radical (unpaired) electrons. The van der Waals surface area contributed by atoms with E-state index < -0.39 is 34.2 Å². The zero-order valence-corrected chi connectivity index (χ0v) is 14.8. The van der Waals surface area contributed by atoms with Crippen molar-refractivity contribution in [2.45, 2.75) is 11.3 Å². The first kappa shape index (κ1) is 19.5. The van der Waals surface area contributed by atoms with Gasteiger partial charge < -0.3 is 11.1 Å². The molecule has 138 valence electrons. The number of halogens is 1. The van der Waals surface area contributed by atoms with Gasteiger partial charge in [0.05, 0.1) is 17.9 Å². The molecule has 0 fully saturated rings. The normalized spacial score (nSPS) is 11.3. The van der Waals surface area contributed by atoms with Gasteiger partial charge in [0, 0.05) is 12.7 Å². The monoisotopic (exact) mass is 379 g/mol. The number of hydrogen-bond acceptors (Lipinski definition) is 4. The number of benzene rings is 2. The van der Waals surface area contributed by atoms with E-state index >= 15 is 0 Å². The molecule has 2 aromatic rings. The van der Waals surface area contributed by atoms with E-state index in [1.807, 2.05) is 0 Å². The Bertz CT molecular complexity index is 897. The molecule has 0 bridgehead atoms. The fraction of sp³-hybridized carbons (Fsp3) is 0.176. The number of amides is 2. The maximum atomic E-state index is 12.9. The summed E-state index contributed by atoms with van der Waals surface area (Å²) >= 11 is 0. The van der Waals surface area contributed by atoms with Crippen LogP contribution in [0.2, 0.25) is 0 Å². The quantitative estimate of drug-likeness (QED) is 0.751. The Kier molecular flexibility index (Phi) is 6.06. The van der Waals surface area contributed by atoms with Crippen LogP contribution in [0.25, 0.3) is 0 Å². The van der Waals surface area contributed by atoms with Crippen LogP contribution in [-0.2, 0) is 26.0 Å². The lowest BCUT2D eigenvalue weighted by atomic mass is 10.1. The summed E-state index contributed by atoms with van der Waals surface area (Å²) in [5.74, 6) is -1.56. The molecule has 7 nitrogen and oxygen atoms in total. The maximum Gasteiger partial charge on any atom is 0.243 e. The summed E-state index contributed by atoms with van der Waals surface area (Å²) in [6.07, 6.45) is 0.0902. The number of rotatable bonds is 7. The number of nitrogens with zero attached hydrogens (tertiary/aromatic N) is 1. The SMILES string of the molecule is CN(CC(=O)Nc1ccc(CC(N)=O)cc1)S(=O)(=O)c1ccc(F)cc1. The van der Waals surface area contributed by atoms with Crippen molar-refractivity contribution in [3.63, 3.8) is 0 Å². The first-order valence-electron chi connectivity index (χ1n) is 7.57. The van der Waals surface area contributed by atoms with Crippen LogP contribution >= 0.6 is 0 Å². The predicted octanol–water partition coefficient (Wildman–Crippen LogP) is 1.11. The van der Waals surface area contributed by atoms with Crippen molar-refractivity contribution in [2.24, 2.45) is 5.73 Å². The first-order chi connectivity index (χ1) is 12.2. The molecule has 0 atom stereocenters. The fourth-order valence-corrected chi connectivity index (χ4v) is 3.31. The lowest BCUT2D eigenvalue weighted by molar-refractivity contribution is -0.117. The molecule has 26 heavy (non-hydrogen) atoms. The van der Waals surface area contributed by atoms with Crippen molar-refractivity contribution in [2.75, 3.05) is 18.9 Å². The molecular formula is C17H18FN3O4S. The summed E-state index contributed by atoms with van der Waals surface area (Å²) in [5.41, 5.74) is 6.26. The lowest BCUT2D eigenvalue weighted by Crippen LogP contribution is -2.34. The summed E-state index contributed by atoms with van der Waals surface area (Å²) < 4.78 is 38.5. The van der Waals surface area contributed by atoms with Crippen molar-refractivity contribution >= 4 is 27.5 Å². The number of likely N-dealkylation sites (N-methyl/N-ethyl adjacent to an activating group) is 1. The molecule has 0 aliphatic heterocycles. The zero-order chi connectivity index (χ0) is 19.3. The minimum Gasteiger partial charge on any atom is -0.369 e. The molecule has 0 heterocycles. The molecule has 0 unspecified atom stereocenters. The highest BCUT2D eigenvalue weighted by atomic mass is 32.2. The minimum absolute atomic E-state index is 0.0902. The van der Waals surface area contributed by atoms with Crippen LogP contribution in [0.1, 0.15) is 5.56 Å². The average molecular weight is 379 g/mol. The van der Waals surface area contributed by atoms with Crippen molar-refractivity contribution in [3.8, 4) is 0 Å². The van der Waals surface area contributed by atoms with Gasteiger partial charge in [-0.3, -0.25) is 9.59 Å². The summed E-state index contributed by atoms with van der Waals surface area (Å²) in [4.78, 5) is 22.8. The highest BCUT2D eigenvalue weighted by molar-refractivity contribution is 7.89. The van der Waals surface area contributed by atoms with Crippen LogP contribution in [0.3, 0.4) is 0 Å². The molecule has 0 aliphatic carbocycles. The number of carbonyl (C=O) groups excluding carboxylic acids is 2. The van der Waals surface area contributed by atoms with Crippen LogP contribution in [-0.4, -0.2) is 38.1 Å². The highest BCUT2D eigenvalue weighted by Gasteiger charge is 2.23.